The van der Waals surface area contributed by atoms with E-state index in [-0.39, 0.29) is 10.8 Å². The first-order valence-electron chi connectivity index (χ1n) is 10.1. The maximum Gasteiger partial charge on any atom is 0.238 e. The van der Waals surface area contributed by atoms with Crippen LogP contribution in [-0.2, 0) is 14.8 Å². The molecule has 0 aliphatic carbocycles. The number of nitrogens with two attached hydrogens (primary N) is 1. The van der Waals surface area contributed by atoms with Gasteiger partial charge in [0, 0.05) is 35.8 Å². The number of carbonyl (C=O) groups is 1. The predicted octanol–water partition coefficient (Wildman–Crippen LogP) is 3.02. The number of primary sulfonamides is 1. The molecule has 0 spiro atoms. The molecule has 30 heavy (non-hydrogen) atoms. The Bertz CT molecular complexity index is 1100. The van der Waals surface area contributed by atoms with E-state index in [2.05, 4.69) is 39.5 Å². The smallest absolute Gasteiger partial charge is 0.238 e. The van der Waals surface area contributed by atoms with Crippen LogP contribution in [0.15, 0.2) is 59.5 Å². The van der Waals surface area contributed by atoms with Crippen molar-refractivity contribution in [1.29, 1.82) is 0 Å². The lowest BCUT2D eigenvalue weighted by molar-refractivity contribution is -0.116. The number of carbonyl (C=O) groups excluding carboxylic acids is 1. The van der Waals surface area contributed by atoms with Crippen LogP contribution in [0.25, 0.3) is 10.9 Å². The first-order valence-corrected chi connectivity index (χ1v) is 11.7. The van der Waals surface area contributed by atoms with Gasteiger partial charge in [-0.15, -0.1) is 0 Å². The molecule has 1 aliphatic heterocycles. The fourth-order valence-corrected chi connectivity index (χ4v) is 4.51. The molecule has 0 unspecified atom stereocenters. The number of sulfonamides is 1. The van der Waals surface area contributed by atoms with Crippen molar-refractivity contribution < 1.29 is 13.2 Å². The molecule has 0 saturated carbocycles. The van der Waals surface area contributed by atoms with Crippen LogP contribution in [0.2, 0.25) is 0 Å². The SMILES string of the molecule is NS(=O)(=O)c1ccc(NC(=O)CCN2CCC(c3cc4ccccc4[nH]3)CC2)cc1. The Morgan fingerprint density at radius 1 is 1.10 bits per heavy atom. The van der Waals surface area contributed by atoms with Gasteiger partial charge in [0.05, 0.1) is 4.90 Å². The number of likely N-dealkylation sites (tertiary alicyclic amines) is 1. The van der Waals surface area contributed by atoms with E-state index in [4.69, 9.17) is 5.14 Å². The molecule has 8 heteroatoms. The van der Waals surface area contributed by atoms with E-state index in [9.17, 15) is 13.2 Å². The quantitative estimate of drug-likeness (QED) is 0.563. The van der Waals surface area contributed by atoms with Crippen molar-refractivity contribution in [3.05, 3.63) is 60.3 Å². The number of aromatic nitrogens is 1. The van der Waals surface area contributed by atoms with Gasteiger partial charge in [-0.25, -0.2) is 13.6 Å². The Balaban J connectivity index is 1.24. The Labute approximate surface area is 176 Å². The van der Waals surface area contributed by atoms with Crippen LogP contribution in [-0.4, -0.2) is 43.8 Å². The van der Waals surface area contributed by atoms with Gasteiger partial charge in [-0.1, -0.05) is 18.2 Å². The minimum absolute atomic E-state index is 0.0262. The summed E-state index contributed by atoms with van der Waals surface area (Å²) in [6, 6.07) is 16.5. The number of piperidine rings is 1. The number of nitrogens with zero attached hydrogens (tertiary/aromatic N) is 1. The molecule has 0 radical (unpaired) electrons. The van der Waals surface area contributed by atoms with Crippen LogP contribution in [0.4, 0.5) is 5.69 Å². The van der Waals surface area contributed by atoms with Crippen LogP contribution in [0.1, 0.15) is 30.9 Å². The standard InChI is InChI=1S/C22H26N4O3S/c23-30(28,29)19-7-5-18(6-8-19)24-22(27)11-14-26-12-9-16(10-13-26)21-15-17-3-1-2-4-20(17)25-21/h1-8,15-16,25H,9-14H2,(H,24,27)(H2,23,28,29). The molecule has 1 fully saturated rings. The number of aromatic amines is 1. The summed E-state index contributed by atoms with van der Waals surface area (Å²) in [7, 11) is -3.73. The molecule has 1 amide bonds. The third-order valence-corrected chi connectivity index (χ3v) is 6.63. The number of hydrogen-bond acceptors (Lipinski definition) is 4. The van der Waals surface area contributed by atoms with Crippen LogP contribution < -0.4 is 10.5 Å². The molecule has 0 bridgehead atoms. The fourth-order valence-electron chi connectivity index (χ4n) is 3.99. The van der Waals surface area contributed by atoms with Crippen molar-refractivity contribution >= 4 is 32.5 Å². The number of H-pyrrole nitrogens is 1. The molecule has 158 valence electrons. The van der Waals surface area contributed by atoms with Crippen molar-refractivity contribution in [2.75, 3.05) is 25.0 Å². The topological polar surface area (TPSA) is 108 Å². The molecule has 1 saturated heterocycles. The summed E-state index contributed by atoms with van der Waals surface area (Å²) in [6.07, 6.45) is 2.54. The van der Waals surface area contributed by atoms with Gasteiger partial charge in [-0.3, -0.25) is 4.79 Å². The zero-order chi connectivity index (χ0) is 21.1. The third kappa shape index (κ3) is 4.89. The highest BCUT2D eigenvalue weighted by atomic mass is 32.2. The molecule has 1 aliphatic rings. The molecule has 0 atom stereocenters. The molecule has 3 aromatic rings. The number of rotatable bonds is 6. The van der Waals surface area contributed by atoms with Gasteiger partial charge in [0.1, 0.15) is 0 Å². The summed E-state index contributed by atoms with van der Waals surface area (Å²) < 4.78 is 22.6. The van der Waals surface area contributed by atoms with Gasteiger partial charge in [-0.2, -0.15) is 0 Å². The lowest BCUT2D eigenvalue weighted by atomic mass is 9.93. The molecule has 4 N–H and O–H groups in total. The Kier molecular flexibility index (Phi) is 5.90. The molecular formula is C22H26N4O3S. The van der Waals surface area contributed by atoms with E-state index in [1.807, 2.05) is 6.07 Å². The van der Waals surface area contributed by atoms with Crippen LogP contribution >= 0.6 is 0 Å². The van der Waals surface area contributed by atoms with Gasteiger partial charge in [0.15, 0.2) is 0 Å². The summed E-state index contributed by atoms with van der Waals surface area (Å²) in [5.74, 6) is 0.441. The molecule has 4 rings (SSSR count). The van der Waals surface area contributed by atoms with Crippen molar-refractivity contribution in [3.8, 4) is 0 Å². The van der Waals surface area contributed by atoms with Crippen LogP contribution in [0, 0.1) is 0 Å². The third-order valence-electron chi connectivity index (χ3n) is 5.70. The van der Waals surface area contributed by atoms with Crippen molar-refractivity contribution in [2.24, 2.45) is 5.14 Å². The van der Waals surface area contributed by atoms with Gasteiger partial charge in [-0.05, 0) is 67.7 Å². The summed E-state index contributed by atoms with van der Waals surface area (Å²) in [4.78, 5) is 18.1. The summed E-state index contributed by atoms with van der Waals surface area (Å²) in [6.45, 7) is 2.65. The number of para-hydroxylation sites is 1. The molecule has 1 aromatic heterocycles. The van der Waals surface area contributed by atoms with E-state index in [0.717, 1.165) is 25.9 Å². The van der Waals surface area contributed by atoms with Gasteiger partial charge in [0.25, 0.3) is 0 Å². The summed E-state index contributed by atoms with van der Waals surface area (Å²) in [5, 5.41) is 9.14. The highest BCUT2D eigenvalue weighted by molar-refractivity contribution is 7.89. The van der Waals surface area contributed by atoms with Crippen LogP contribution in [0.5, 0.6) is 0 Å². The van der Waals surface area contributed by atoms with Crippen molar-refractivity contribution in [3.63, 3.8) is 0 Å². The summed E-state index contributed by atoms with van der Waals surface area (Å²) >= 11 is 0. The number of anilines is 1. The number of benzene rings is 2. The zero-order valence-electron chi connectivity index (χ0n) is 16.7. The second-order valence-electron chi connectivity index (χ2n) is 7.80. The normalized spacial score (nSPS) is 16.0. The monoisotopic (exact) mass is 426 g/mol. The van der Waals surface area contributed by atoms with E-state index in [1.54, 1.807) is 12.1 Å². The van der Waals surface area contributed by atoms with Gasteiger partial charge >= 0.3 is 0 Å². The highest BCUT2D eigenvalue weighted by Gasteiger charge is 2.22. The summed E-state index contributed by atoms with van der Waals surface area (Å²) in [5.41, 5.74) is 3.05. The Hall–Kier alpha value is -2.68. The maximum atomic E-state index is 12.2. The van der Waals surface area contributed by atoms with E-state index >= 15 is 0 Å². The fraction of sp³-hybridized carbons (Fsp3) is 0.318. The number of nitrogens with one attached hydrogen (secondary N) is 2. The number of hydrogen-bond donors (Lipinski definition) is 3. The maximum absolute atomic E-state index is 12.2. The van der Waals surface area contributed by atoms with E-state index in [0.29, 0.717) is 24.6 Å². The first kappa shape index (κ1) is 20.6. The van der Waals surface area contributed by atoms with E-state index < -0.39 is 10.0 Å². The van der Waals surface area contributed by atoms with Gasteiger partial charge in [0.2, 0.25) is 15.9 Å². The van der Waals surface area contributed by atoms with Crippen LogP contribution in [0.3, 0.4) is 0 Å². The zero-order valence-corrected chi connectivity index (χ0v) is 17.5. The highest BCUT2D eigenvalue weighted by Crippen LogP contribution is 2.29. The molecular weight excluding hydrogens is 400 g/mol. The first-order chi connectivity index (χ1) is 14.4. The van der Waals surface area contributed by atoms with Crippen molar-refractivity contribution in [1.82, 2.24) is 9.88 Å². The average Bonchev–Trinajstić information content (AvgIpc) is 3.17. The molecule has 2 aromatic carbocycles. The van der Waals surface area contributed by atoms with E-state index in [1.165, 1.54) is 28.7 Å². The Morgan fingerprint density at radius 2 is 1.80 bits per heavy atom. The number of fused-ring (bicyclic) bond motifs is 1. The average molecular weight is 427 g/mol. The van der Waals surface area contributed by atoms with Gasteiger partial charge < -0.3 is 15.2 Å². The lowest BCUT2D eigenvalue weighted by Crippen LogP contribution is -2.35. The molecule has 7 nitrogen and oxygen atoms in total. The molecule has 2 heterocycles. The predicted molar refractivity (Wildman–Crippen MR) is 118 cm³/mol. The second-order valence-corrected chi connectivity index (χ2v) is 9.36. The number of amides is 1. The second kappa shape index (κ2) is 8.59. The minimum atomic E-state index is -3.73. The minimum Gasteiger partial charge on any atom is -0.358 e. The largest absolute Gasteiger partial charge is 0.358 e. The lowest BCUT2D eigenvalue weighted by Gasteiger charge is -2.31. The Morgan fingerprint density at radius 3 is 2.47 bits per heavy atom. The van der Waals surface area contributed by atoms with Crippen molar-refractivity contribution in [2.45, 2.75) is 30.1 Å².